The van der Waals surface area contributed by atoms with Gasteiger partial charge in [0.1, 0.15) is 0 Å². The second-order valence-corrected chi connectivity index (χ2v) is 8.48. The average Bonchev–Trinajstić information content (AvgIpc) is 2.67. The van der Waals surface area contributed by atoms with Crippen molar-refractivity contribution in [2.75, 3.05) is 23.7 Å². The lowest BCUT2D eigenvalue weighted by Gasteiger charge is -2.28. The molecule has 26 heavy (non-hydrogen) atoms. The van der Waals surface area contributed by atoms with Crippen LogP contribution < -0.4 is 4.90 Å². The molecular weight excluding hydrogens is 348 g/mol. The van der Waals surface area contributed by atoms with Gasteiger partial charge < -0.3 is 4.90 Å². The standard InChI is InChI=1S/C20H24N2O3S/c1-2-22(19-10-4-3-5-11-19)20(23)13-15-26(24,25)21-14-12-17-8-6-7-9-18(17)16-21/h3-11H,2,12-16H2,1H3. The number of carbonyl (C=O) groups is 1. The van der Waals surface area contributed by atoms with Crippen molar-refractivity contribution in [3.8, 4) is 0 Å². The Hall–Kier alpha value is -2.18. The lowest BCUT2D eigenvalue weighted by molar-refractivity contribution is -0.118. The van der Waals surface area contributed by atoms with Crippen LogP contribution in [0.15, 0.2) is 54.6 Å². The van der Waals surface area contributed by atoms with Crippen LogP contribution in [-0.4, -0.2) is 37.5 Å². The first kappa shape index (κ1) is 18.6. The van der Waals surface area contributed by atoms with Crippen LogP contribution in [0.4, 0.5) is 5.69 Å². The summed E-state index contributed by atoms with van der Waals surface area (Å²) in [5.74, 6) is -0.322. The Morgan fingerprint density at radius 2 is 1.69 bits per heavy atom. The van der Waals surface area contributed by atoms with Crippen LogP contribution in [0.2, 0.25) is 0 Å². The van der Waals surface area contributed by atoms with Crippen LogP contribution in [0.1, 0.15) is 24.5 Å². The van der Waals surface area contributed by atoms with E-state index in [0.717, 1.165) is 11.3 Å². The molecule has 0 spiro atoms. The number of fused-ring (bicyclic) bond motifs is 1. The van der Waals surface area contributed by atoms with Crippen molar-refractivity contribution in [3.63, 3.8) is 0 Å². The molecule has 1 aliphatic rings. The highest BCUT2D eigenvalue weighted by Gasteiger charge is 2.27. The highest BCUT2D eigenvalue weighted by molar-refractivity contribution is 7.89. The number of anilines is 1. The van der Waals surface area contributed by atoms with E-state index < -0.39 is 10.0 Å². The second-order valence-electron chi connectivity index (χ2n) is 6.39. The molecule has 2 aromatic carbocycles. The SMILES string of the molecule is CCN(C(=O)CCS(=O)(=O)N1CCc2ccccc2C1)c1ccccc1. The topological polar surface area (TPSA) is 57.7 Å². The van der Waals surface area contributed by atoms with E-state index in [4.69, 9.17) is 0 Å². The maximum atomic E-state index is 12.7. The smallest absolute Gasteiger partial charge is 0.228 e. The van der Waals surface area contributed by atoms with Crippen LogP contribution in [0.25, 0.3) is 0 Å². The number of para-hydroxylation sites is 1. The molecule has 0 aliphatic carbocycles. The fourth-order valence-corrected chi connectivity index (χ4v) is 4.69. The Morgan fingerprint density at radius 1 is 1.04 bits per heavy atom. The summed E-state index contributed by atoms with van der Waals surface area (Å²) in [6.07, 6.45) is 0.706. The molecule has 0 N–H and O–H groups in total. The third kappa shape index (κ3) is 4.14. The van der Waals surface area contributed by atoms with Gasteiger partial charge in [-0.2, -0.15) is 4.31 Å². The van der Waals surface area contributed by atoms with Crippen molar-refractivity contribution >= 4 is 21.6 Å². The molecule has 3 rings (SSSR count). The van der Waals surface area contributed by atoms with Crippen molar-refractivity contribution in [2.45, 2.75) is 26.3 Å². The van der Waals surface area contributed by atoms with Crippen molar-refractivity contribution in [2.24, 2.45) is 0 Å². The van der Waals surface area contributed by atoms with E-state index in [1.807, 2.05) is 61.5 Å². The van der Waals surface area contributed by atoms with Gasteiger partial charge >= 0.3 is 0 Å². The van der Waals surface area contributed by atoms with Crippen molar-refractivity contribution in [3.05, 3.63) is 65.7 Å². The van der Waals surface area contributed by atoms with Crippen LogP contribution in [0.5, 0.6) is 0 Å². The molecule has 0 atom stereocenters. The second kappa shape index (κ2) is 8.01. The first-order chi connectivity index (χ1) is 12.5. The molecule has 1 amide bonds. The molecule has 0 fully saturated rings. The highest BCUT2D eigenvalue weighted by Crippen LogP contribution is 2.22. The van der Waals surface area contributed by atoms with Crippen molar-refractivity contribution < 1.29 is 13.2 Å². The lowest BCUT2D eigenvalue weighted by atomic mass is 10.0. The molecule has 0 radical (unpaired) electrons. The Morgan fingerprint density at radius 3 is 2.38 bits per heavy atom. The molecule has 1 heterocycles. The number of benzene rings is 2. The molecule has 6 heteroatoms. The number of carbonyl (C=O) groups excluding carboxylic acids is 1. The third-order valence-electron chi connectivity index (χ3n) is 4.75. The average molecular weight is 372 g/mol. The fourth-order valence-electron chi connectivity index (χ4n) is 3.30. The van der Waals surface area contributed by atoms with Gasteiger partial charge in [-0.25, -0.2) is 8.42 Å². The molecule has 0 bridgehead atoms. The zero-order valence-electron chi connectivity index (χ0n) is 15.0. The Balaban J connectivity index is 1.64. The van der Waals surface area contributed by atoms with Gasteiger partial charge in [-0.3, -0.25) is 4.79 Å². The molecular formula is C20H24N2O3S. The van der Waals surface area contributed by atoms with Gasteiger partial charge in [0.15, 0.2) is 0 Å². The molecule has 0 saturated heterocycles. The van der Waals surface area contributed by atoms with Crippen molar-refractivity contribution in [1.29, 1.82) is 0 Å². The summed E-state index contributed by atoms with van der Waals surface area (Å²) in [4.78, 5) is 14.2. The van der Waals surface area contributed by atoms with Gasteiger partial charge in [-0.05, 0) is 36.6 Å². The third-order valence-corrected chi connectivity index (χ3v) is 6.57. The Labute approximate surface area is 155 Å². The number of amides is 1. The van der Waals surface area contributed by atoms with Crippen molar-refractivity contribution in [1.82, 2.24) is 4.31 Å². The summed E-state index contributed by atoms with van der Waals surface area (Å²) in [7, 11) is -3.46. The minimum atomic E-state index is -3.46. The molecule has 0 unspecified atom stereocenters. The minimum Gasteiger partial charge on any atom is -0.313 e. The summed E-state index contributed by atoms with van der Waals surface area (Å²) in [5.41, 5.74) is 3.05. The number of rotatable bonds is 6. The summed E-state index contributed by atoms with van der Waals surface area (Å²) >= 11 is 0. The Kier molecular flexibility index (Phi) is 5.74. The lowest BCUT2D eigenvalue weighted by Crippen LogP contribution is -2.39. The largest absolute Gasteiger partial charge is 0.313 e. The van der Waals surface area contributed by atoms with Gasteiger partial charge in [-0.15, -0.1) is 0 Å². The van der Waals surface area contributed by atoms with Gasteiger partial charge in [0.25, 0.3) is 0 Å². The number of sulfonamides is 1. The van der Waals surface area contributed by atoms with E-state index in [9.17, 15) is 13.2 Å². The maximum Gasteiger partial charge on any atom is 0.228 e. The number of hydrogen-bond acceptors (Lipinski definition) is 3. The van der Waals surface area contributed by atoms with Crippen LogP contribution in [0.3, 0.4) is 0 Å². The van der Waals surface area contributed by atoms with Crippen LogP contribution in [-0.2, 0) is 27.8 Å². The van der Waals surface area contributed by atoms with Gasteiger partial charge in [0, 0.05) is 31.7 Å². The maximum absolute atomic E-state index is 12.7. The normalized spacial score (nSPS) is 14.7. The monoisotopic (exact) mass is 372 g/mol. The number of nitrogens with zero attached hydrogens (tertiary/aromatic N) is 2. The molecule has 138 valence electrons. The summed E-state index contributed by atoms with van der Waals surface area (Å²) in [6.45, 7) is 3.27. The molecule has 1 aliphatic heterocycles. The van der Waals surface area contributed by atoms with E-state index in [1.165, 1.54) is 9.87 Å². The quantitative estimate of drug-likeness (QED) is 0.783. The minimum absolute atomic E-state index is 0.0107. The molecule has 5 nitrogen and oxygen atoms in total. The van der Waals surface area contributed by atoms with Gasteiger partial charge in [-0.1, -0.05) is 42.5 Å². The first-order valence-electron chi connectivity index (χ1n) is 8.91. The summed E-state index contributed by atoms with van der Waals surface area (Å²) in [6, 6.07) is 17.3. The van der Waals surface area contributed by atoms with Gasteiger partial charge in [0.05, 0.1) is 5.75 Å². The van der Waals surface area contributed by atoms with E-state index >= 15 is 0 Å². The van der Waals surface area contributed by atoms with E-state index in [1.54, 1.807) is 4.90 Å². The molecule has 0 aromatic heterocycles. The number of hydrogen-bond donors (Lipinski definition) is 0. The summed E-state index contributed by atoms with van der Waals surface area (Å²) in [5, 5.41) is 0. The zero-order valence-corrected chi connectivity index (χ0v) is 15.8. The van der Waals surface area contributed by atoms with Crippen LogP contribution >= 0.6 is 0 Å². The van der Waals surface area contributed by atoms with Crippen LogP contribution in [0, 0.1) is 0 Å². The zero-order chi connectivity index (χ0) is 18.6. The predicted molar refractivity (Wildman–Crippen MR) is 103 cm³/mol. The van der Waals surface area contributed by atoms with E-state index in [-0.39, 0.29) is 18.1 Å². The van der Waals surface area contributed by atoms with E-state index in [2.05, 4.69) is 0 Å². The summed E-state index contributed by atoms with van der Waals surface area (Å²) < 4.78 is 26.9. The predicted octanol–water partition coefficient (Wildman–Crippen LogP) is 2.82. The first-order valence-corrected chi connectivity index (χ1v) is 10.5. The molecule has 2 aromatic rings. The van der Waals surface area contributed by atoms with Gasteiger partial charge in [0.2, 0.25) is 15.9 Å². The molecule has 0 saturated carbocycles. The van der Waals surface area contributed by atoms with E-state index in [0.29, 0.717) is 26.1 Å². The fraction of sp³-hybridized carbons (Fsp3) is 0.350. The highest BCUT2D eigenvalue weighted by atomic mass is 32.2. The Bertz CT molecular complexity index is 866.